The first kappa shape index (κ1) is 18.8. The molecule has 5 nitrogen and oxygen atoms in total. The Bertz CT molecular complexity index is 1130. The highest BCUT2D eigenvalue weighted by molar-refractivity contribution is 7.11. The maximum atomic E-state index is 14.3. The highest BCUT2D eigenvalue weighted by Gasteiger charge is 2.41. The van der Waals surface area contributed by atoms with E-state index in [9.17, 15) is 18.4 Å². The van der Waals surface area contributed by atoms with Crippen molar-refractivity contribution >= 4 is 40.1 Å². The molecule has 29 heavy (non-hydrogen) atoms. The van der Waals surface area contributed by atoms with Crippen molar-refractivity contribution in [3.05, 3.63) is 82.2 Å². The van der Waals surface area contributed by atoms with Crippen LogP contribution in [0.3, 0.4) is 0 Å². The van der Waals surface area contributed by atoms with Crippen LogP contribution in [0.2, 0.25) is 0 Å². The van der Waals surface area contributed by atoms with Crippen molar-refractivity contribution in [1.82, 2.24) is 0 Å². The number of imide groups is 1. The van der Waals surface area contributed by atoms with Gasteiger partial charge in [0.15, 0.2) is 0 Å². The Hall–Kier alpha value is -3.52. The molecule has 0 atom stereocenters. The van der Waals surface area contributed by atoms with E-state index in [1.165, 1.54) is 18.4 Å². The molecule has 0 bridgehead atoms. The van der Waals surface area contributed by atoms with E-state index >= 15 is 0 Å². The lowest BCUT2D eigenvalue weighted by Gasteiger charge is -2.16. The van der Waals surface area contributed by atoms with E-state index in [2.05, 4.69) is 5.32 Å². The fraction of sp³-hybridized carbons (Fsp3) is 0.0476. The monoisotopic (exact) mass is 412 g/mol. The van der Waals surface area contributed by atoms with Gasteiger partial charge in [0.1, 0.15) is 23.1 Å². The molecule has 0 saturated carbocycles. The van der Waals surface area contributed by atoms with Gasteiger partial charge in [-0.25, -0.2) is 13.7 Å². The summed E-state index contributed by atoms with van der Waals surface area (Å²) in [7, 11) is 1.53. The fourth-order valence-electron chi connectivity index (χ4n) is 2.99. The molecule has 146 valence electrons. The largest absolute Gasteiger partial charge is 0.497 e. The van der Waals surface area contributed by atoms with Crippen LogP contribution in [-0.4, -0.2) is 18.9 Å². The molecule has 8 heteroatoms. The number of rotatable bonds is 5. The smallest absolute Gasteiger partial charge is 0.282 e. The quantitative estimate of drug-likeness (QED) is 0.630. The van der Waals surface area contributed by atoms with Crippen LogP contribution in [0, 0.1) is 11.6 Å². The number of carbonyl (C=O) groups is 2. The summed E-state index contributed by atoms with van der Waals surface area (Å²) in [5.74, 6) is -2.49. The van der Waals surface area contributed by atoms with Crippen LogP contribution in [0.5, 0.6) is 5.75 Å². The van der Waals surface area contributed by atoms with Crippen LogP contribution >= 0.6 is 11.3 Å². The zero-order valence-corrected chi connectivity index (χ0v) is 15.9. The second kappa shape index (κ2) is 7.48. The summed E-state index contributed by atoms with van der Waals surface area (Å²) in [5.41, 5.74) is 0.203. The molecule has 1 N–H and O–H groups in total. The van der Waals surface area contributed by atoms with Crippen molar-refractivity contribution in [2.24, 2.45) is 0 Å². The number of hydrogen-bond acceptors (Lipinski definition) is 5. The first-order valence-corrected chi connectivity index (χ1v) is 9.40. The number of ether oxygens (including phenoxy) is 1. The van der Waals surface area contributed by atoms with Gasteiger partial charge in [0.05, 0.1) is 18.4 Å². The molecule has 0 fully saturated rings. The van der Waals surface area contributed by atoms with Gasteiger partial charge in [0, 0.05) is 16.6 Å². The van der Waals surface area contributed by atoms with Crippen molar-refractivity contribution in [3.63, 3.8) is 0 Å². The summed E-state index contributed by atoms with van der Waals surface area (Å²) < 4.78 is 33.1. The lowest BCUT2D eigenvalue weighted by atomic mass is 10.2. The minimum Gasteiger partial charge on any atom is -0.497 e. The van der Waals surface area contributed by atoms with Gasteiger partial charge >= 0.3 is 0 Å². The number of benzene rings is 2. The Kier molecular flexibility index (Phi) is 4.85. The van der Waals surface area contributed by atoms with E-state index in [0.29, 0.717) is 21.2 Å². The van der Waals surface area contributed by atoms with Gasteiger partial charge in [-0.1, -0.05) is 6.07 Å². The van der Waals surface area contributed by atoms with E-state index in [4.69, 9.17) is 4.74 Å². The van der Waals surface area contributed by atoms with Gasteiger partial charge in [-0.05, 0) is 47.8 Å². The Morgan fingerprint density at radius 1 is 1.00 bits per heavy atom. The fourth-order valence-corrected chi connectivity index (χ4v) is 3.76. The zero-order valence-electron chi connectivity index (χ0n) is 15.1. The number of carbonyl (C=O) groups excluding carboxylic acids is 2. The van der Waals surface area contributed by atoms with Crippen LogP contribution in [0.4, 0.5) is 20.2 Å². The van der Waals surface area contributed by atoms with E-state index in [1.807, 2.05) is 0 Å². The molecule has 0 saturated heterocycles. The average molecular weight is 412 g/mol. The van der Waals surface area contributed by atoms with Crippen molar-refractivity contribution in [2.45, 2.75) is 0 Å². The molecule has 0 aliphatic carbocycles. The maximum absolute atomic E-state index is 14.3. The van der Waals surface area contributed by atoms with Crippen molar-refractivity contribution in [2.75, 3.05) is 17.3 Å². The number of thiophene rings is 1. The third kappa shape index (κ3) is 3.38. The third-order valence-corrected chi connectivity index (χ3v) is 5.25. The van der Waals surface area contributed by atoms with Crippen molar-refractivity contribution in [3.8, 4) is 5.75 Å². The molecule has 2 heterocycles. The highest BCUT2D eigenvalue weighted by atomic mass is 32.1. The summed E-state index contributed by atoms with van der Waals surface area (Å²) in [5, 5.41) is 4.71. The lowest BCUT2D eigenvalue weighted by Crippen LogP contribution is -2.33. The van der Waals surface area contributed by atoms with Gasteiger partial charge < -0.3 is 10.1 Å². The van der Waals surface area contributed by atoms with Gasteiger partial charge in [0.25, 0.3) is 11.8 Å². The summed E-state index contributed by atoms with van der Waals surface area (Å²) in [6.45, 7) is 0. The molecule has 0 unspecified atom stereocenters. The molecular weight excluding hydrogens is 398 g/mol. The minimum absolute atomic E-state index is 0.00808. The number of methoxy groups -OCH3 is 1. The molecule has 3 aromatic rings. The van der Waals surface area contributed by atoms with E-state index in [0.717, 1.165) is 18.2 Å². The van der Waals surface area contributed by atoms with E-state index in [1.54, 1.807) is 41.8 Å². The van der Waals surface area contributed by atoms with Gasteiger partial charge in [-0.2, -0.15) is 0 Å². The molecule has 0 radical (unpaired) electrons. The Balaban J connectivity index is 1.79. The van der Waals surface area contributed by atoms with Gasteiger partial charge in [-0.3, -0.25) is 9.59 Å². The Morgan fingerprint density at radius 3 is 2.41 bits per heavy atom. The summed E-state index contributed by atoms with van der Waals surface area (Å²) >= 11 is 1.27. The molecule has 2 aromatic carbocycles. The predicted octanol–water partition coefficient (Wildman–Crippen LogP) is 4.43. The minimum atomic E-state index is -0.871. The number of nitrogens with zero attached hydrogens (tertiary/aromatic N) is 1. The second-order valence-electron chi connectivity index (χ2n) is 6.12. The molecule has 2 amide bonds. The molecule has 1 aliphatic rings. The van der Waals surface area contributed by atoms with Crippen LogP contribution in [0.25, 0.3) is 5.57 Å². The van der Waals surface area contributed by atoms with Gasteiger partial charge in [0.2, 0.25) is 0 Å². The lowest BCUT2D eigenvalue weighted by molar-refractivity contribution is -0.120. The number of amides is 2. The van der Waals surface area contributed by atoms with Crippen molar-refractivity contribution < 1.29 is 23.1 Å². The van der Waals surface area contributed by atoms with Gasteiger partial charge in [-0.15, -0.1) is 11.3 Å². The van der Waals surface area contributed by atoms with Crippen LogP contribution in [-0.2, 0) is 9.59 Å². The highest BCUT2D eigenvalue weighted by Crippen LogP contribution is 2.36. The van der Waals surface area contributed by atoms with Crippen LogP contribution < -0.4 is 15.0 Å². The SMILES string of the molecule is COc1ccc(NC2=C(c3cccs3)C(=O)N(c3cc(F)ccc3F)C2=O)cc1. The zero-order chi connectivity index (χ0) is 20.5. The summed E-state index contributed by atoms with van der Waals surface area (Å²) in [6.07, 6.45) is 0. The number of hydrogen-bond donors (Lipinski definition) is 1. The number of halogens is 2. The Labute approximate surface area is 168 Å². The Morgan fingerprint density at radius 2 is 1.76 bits per heavy atom. The van der Waals surface area contributed by atoms with Crippen LogP contribution in [0.1, 0.15) is 4.88 Å². The molecular formula is C21H14F2N2O3S. The number of nitrogens with one attached hydrogen (secondary N) is 1. The summed E-state index contributed by atoms with van der Waals surface area (Å²) in [4.78, 5) is 27.4. The molecule has 1 aliphatic heterocycles. The first-order valence-electron chi connectivity index (χ1n) is 8.52. The standard InChI is InChI=1S/C21H14F2N2O3S/c1-28-14-7-5-13(6-8-14)24-19-18(17-3-2-10-29-17)20(26)25(21(19)27)16-11-12(22)4-9-15(16)23/h2-11,24H,1H3. The second-order valence-corrected chi connectivity index (χ2v) is 7.07. The molecule has 0 spiro atoms. The van der Waals surface area contributed by atoms with E-state index < -0.39 is 29.1 Å². The summed E-state index contributed by atoms with van der Waals surface area (Å²) in [6, 6.07) is 12.8. The molecule has 4 rings (SSSR count). The average Bonchev–Trinajstić information content (AvgIpc) is 3.32. The predicted molar refractivity (Wildman–Crippen MR) is 107 cm³/mol. The van der Waals surface area contributed by atoms with Crippen molar-refractivity contribution in [1.29, 1.82) is 0 Å². The molecule has 1 aromatic heterocycles. The topological polar surface area (TPSA) is 58.6 Å². The van der Waals surface area contributed by atoms with Crippen LogP contribution in [0.15, 0.2) is 65.7 Å². The normalized spacial score (nSPS) is 14.0. The maximum Gasteiger partial charge on any atom is 0.282 e. The van der Waals surface area contributed by atoms with E-state index in [-0.39, 0.29) is 11.3 Å². The first-order chi connectivity index (χ1) is 14.0. The third-order valence-electron chi connectivity index (χ3n) is 4.36. The number of anilines is 2.